The van der Waals surface area contributed by atoms with E-state index in [1.165, 1.54) is 0 Å². The standard InChI is InChI=1S/C22H31ClN4O3S/c1-4-5-6-17-13-27(20(29)11-12-31(30)25-3)14-18(15-28)21(17)26-22(24-2)16-7-9-19(23)10-8-16/h7-10,15,17,25H,4-6,11-14H2,1-3H3,(H,24,26). The van der Waals surface area contributed by atoms with Gasteiger partial charge in [0.15, 0.2) is 0 Å². The van der Waals surface area contributed by atoms with Gasteiger partial charge in [0.05, 0.1) is 17.5 Å². The summed E-state index contributed by atoms with van der Waals surface area (Å²) in [6, 6.07) is 7.34. The second kappa shape index (κ2) is 12.7. The zero-order valence-electron chi connectivity index (χ0n) is 18.3. The number of nitrogens with one attached hydrogen (secondary N) is 2. The first-order valence-electron chi connectivity index (χ1n) is 10.4. The molecule has 2 atom stereocenters. The summed E-state index contributed by atoms with van der Waals surface area (Å²) < 4.78 is 14.3. The minimum Gasteiger partial charge on any atom is -0.343 e. The van der Waals surface area contributed by atoms with Gasteiger partial charge >= 0.3 is 0 Å². The van der Waals surface area contributed by atoms with E-state index >= 15 is 0 Å². The van der Waals surface area contributed by atoms with Crippen LogP contribution in [-0.2, 0) is 20.6 Å². The summed E-state index contributed by atoms with van der Waals surface area (Å²) in [4.78, 5) is 30.7. The highest BCUT2D eigenvalue weighted by Gasteiger charge is 2.30. The lowest BCUT2D eigenvalue weighted by Crippen LogP contribution is -2.46. The molecule has 1 heterocycles. The first kappa shape index (κ1) is 25.2. The van der Waals surface area contributed by atoms with E-state index in [1.54, 1.807) is 31.1 Å². The Balaban J connectivity index is 2.27. The van der Waals surface area contributed by atoms with E-state index in [2.05, 4.69) is 22.0 Å². The molecule has 1 aromatic rings. The summed E-state index contributed by atoms with van der Waals surface area (Å²) in [5.41, 5.74) is 2.24. The van der Waals surface area contributed by atoms with Gasteiger partial charge in [0.25, 0.3) is 0 Å². The molecule has 2 unspecified atom stereocenters. The van der Waals surface area contributed by atoms with Crippen molar-refractivity contribution in [3.8, 4) is 0 Å². The predicted octanol–water partition coefficient (Wildman–Crippen LogP) is 2.68. The lowest BCUT2D eigenvalue weighted by molar-refractivity contribution is -0.131. The molecular weight excluding hydrogens is 436 g/mol. The van der Waals surface area contributed by atoms with E-state index < -0.39 is 11.0 Å². The maximum atomic E-state index is 12.7. The van der Waals surface area contributed by atoms with Gasteiger partial charge in [0, 0.05) is 53.5 Å². The molecule has 0 bridgehead atoms. The molecule has 0 fully saturated rings. The first-order valence-corrected chi connectivity index (χ1v) is 12.1. The molecule has 1 aliphatic heterocycles. The van der Waals surface area contributed by atoms with E-state index in [0.717, 1.165) is 36.8 Å². The van der Waals surface area contributed by atoms with Gasteiger partial charge in [-0.05, 0) is 37.7 Å². The fraction of sp³-hybridized carbons (Fsp3) is 0.500. The third kappa shape index (κ3) is 7.26. The van der Waals surface area contributed by atoms with Gasteiger partial charge in [-0.15, -0.1) is 0 Å². The summed E-state index contributed by atoms with van der Waals surface area (Å²) in [7, 11) is 2.06. The van der Waals surface area contributed by atoms with Crippen molar-refractivity contribution in [3.05, 3.63) is 46.1 Å². The van der Waals surface area contributed by atoms with E-state index in [0.29, 0.717) is 23.0 Å². The number of carbonyl (C=O) groups excluding carboxylic acids is 2. The molecule has 1 aromatic carbocycles. The number of hydrogen-bond donors (Lipinski definition) is 2. The molecule has 7 nitrogen and oxygen atoms in total. The molecule has 170 valence electrons. The van der Waals surface area contributed by atoms with Crippen molar-refractivity contribution in [3.63, 3.8) is 0 Å². The van der Waals surface area contributed by atoms with Crippen LogP contribution in [0.25, 0.3) is 0 Å². The molecule has 0 aromatic heterocycles. The van der Waals surface area contributed by atoms with Crippen molar-refractivity contribution in [1.29, 1.82) is 0 Å². The molecule has 0 spiro atoms. The van der Waals surface area contributed by atoms with Crippen molar-refractivity contribution in [2.24, 2.45) is 10.9 Å². The van der Waals surface area contributed by atoms with Crippen LogP contribution in [0.3, 0.4) is 0 Å². The third-order valence-corrected chi connectivity index (χ3v) is 6.56. The van der Waals surface area contributed by atoms with E-state index in [-0.39, 0.29) is 30.5 Å². The number of amides is 1. The molecule has 1 amide bonds. The van der Waals surface area contributed by atoms with Gasteiger partial charge < -0.3 is 10.2 Å². The molecule has 2 rings (SSSR count). The SMILES string of the molecule is CCCCC1CN(C(=O)CCS(=O)NC)CC(C=O)=C1NC(=NC)c1ccc(Cl)cc1. The number of aldehydes is 1. The van der Waals surface area contributed by atoms with Crippen LogP contribution in [0.2, 0.25) is 5.02 Å². The van der Waals surface area contributed by atoms with Crippen LogP contribution >= 0.6 is 11.6 Å². The van der Waals surface area contributed by atoms with Crippen molar-refractivity contribution in [1.82, 2.24) is 14.9 Å². The minimum atomic E-state index is -1.23. The van der Waals surface area contributed by atoms with Crippen LogP contribution in [0.4, 0.5) is 0 Å². The predicted molar refractivity (Wildman–Crippen MR) is 126 cm³/mol. The molecule has 0 aliphatic carbocycles. The van der Waals surface area contributed by atoms with E-state index in [1.807, 2.05) is 12.1 Å². The van der Waals surface area contributed by atoms with Crippen LogP contribution in [0.15, 0.2) is 40.5 Å². The normalized spacial score (nSPS) is 18.1. The van der Waals surface area contributed by atoms with Crippen LogP contribution in [0.5, 0.6) is 0 Å². The fourth-order valence-corrected chi connectivity index (χ4v) is 4.26. The van der Waals surface area contributed by atoms with Crippen molar-refractivity contribution in [2.75, 3.05) is 32.9 Å². The lowest BCUT2D eigenvalue weighted by atomic mass is 9.90. The maximum absolute atomic E-state index is 12.7. The fourth-order valence-electron chi connectivity index (χ4n) is 3.57. The molecule has 2 N–H and O–H groups in total. The summed E-state index contributed by atoms with van der Waals surface area (Å²) in [5.74, 6) is 0.805. The Morgan fingerprint density at radius 1 is 1.35 bits per heavy atom. The molecule has 0 radical (unpaired) electrons. The minimum absolute atomic E-state index is 0.00306. The van der Waals surface area contributed by atoms with Crippen LogP contribution in [0, 0.1) is 5.92 Å². The Morgan fingerprint density at radius 2 is 2.06 bits per heavy atom. The third-order valence-electron chi connectivity index (χ3n) is 5.28. The molecular formula is C22H31ClN4O3S. The molecule has 0 saturated heterocycles. The smallest absolute Gasteiger partial charge is 0.223 e. The lowest BCUT2D eigenvalue weighted by Gasteiger charge is -2.36. The number of hydrogen-bond acceptors (Lipinski definition) is 4. The Labute approximate surface area is 191 Å². The zero-order valence-corrected chi connectivity index (χ0v) is 19.9. The number of rotatable bonds is 10. The first-order chi connectivity index (χ1) is 14.9. The average molecular weight is 467 g/mol. The van der Waals surface area contributed by atoms with Crippen molar-refractivity contribution >= 4 is 40.6 Å². The molecule has 1 aliphatic rings. The Morgan fingerprint density at radius 3 is 2.65 bits per heavy atom. The quantitative estimate of drug-likeness (QED) is 0.315. The summed E-state index contributed by atoms with van der Waals surface area (Å²) >= 11 is 6.00. The number of benzene rings is 1. The average Bonchev–Trinajstić information content (AvgIpc) is 2.79. The van der Waals surface area contributed by atoms with Gasteiger partial charge in [-0.1, -0.05) is 31.4 Å². The van der Waals surface area contributed by atoms with E-state index in [4.69, 9.17) is 11.6 Å². The number of unbranched alkanes of at least 4 members (excludes halogenated alkanes) is 1. The number of aliphatic imine (C=N–C) groups is 1. The number of carbonyl (C=O) groups is 2. The Kier molecular flexibility index (Phi) is 10.4. The summed E-state index contributed by atoms with van der Waals surface area (Å²) in [5, 5.41) is 4.02. The molecule has 9 heteroatoms. The van der Waals surface area contributed by atoms with Gasteiger partial charge in [0.1, 0.15) is 12.1 Å². The monoisotopic (exact) mass is 466 g/mol. The second-order valence-electron chi connectivity index (χ2n) is 7.38. The molecule has 31 heavy (non-hydrogen) atoms. The number of nitrogens with zero attached hydrogens (tertiary/aromatic N) is 2. The second-order valence-corrected chi connectivity index (χ2v) is 9.32. The van der Waals surface area contributed by atoms with Gasteiger partial charge in [-0.2, -0.15) is 0 Å². The largest absolute Gasteiger partial charge is 0.343 e. The molecule has 0 saturated carbocycles. The Bertz CT molecular complexity index is 855. The van der Waals surface area contributed by atoms with Crippen LogP contribution in [0.1, 0.15) is 38.2 Å². The maximum Gasteiger partial charge on any atom is 0.223 e. The zero-order chi connectivity index (χ0) is 22.8. The van der Waals surface area contributed by atoms with Gasteiger partial charge in [0.2, 0.25) is 5.91 Å². The van der Waals surface area contributed by atoms with Crippen molar-refractivity contribution < 1.29 is 13.8 Å². The number of halogens is 1. The number of amidine groups is 1. The summed E-state index contributed by atoms with van der Waals surface area (Å²) in [6.07, 6.45) is 3.84. The van der Waals surface area contributed by atoms with Gasteiger partial charge in [-0.3, -0.25) is 14.6 Å². The topological polar surface area (TPSA) is 90.9 Å². The van der Waals surface area contributed by atoms with Crippen LogP contribution in [-0.4, -0.2) is 60.1 Å². The highest BCUT2D eigenvalue weighted by atomic mass is 35.5. The van der Waals surface area contributed by atoms with Gasteiger partial charge in [-0.25, -0.2) is 8.93 Å². The highest BCUT2D eigenvalue weighted by Crippen LogP contribution is 2.27. The van der Waals surface area contributed by atoms with Crippen LogP contribution < -0.4 is 10.0 Å². The summed E-state index contributed by atoms with van der Waals surface area (Å²) in [6.45, 7) is 2.86. The van der Waals surface area contributed by atoms with Crippen molar-refractivity contribution in [2.45, 2.75) is 32.6 Å². The van der Waals surface area contributed by atoms with E-state index in [9.17, 15) is 13.8 Å². The Hall–Kier alpha value is -2.03. The highest BCUT2D eigenvalue weighted by molar-refractivity contribution is 7.83.